The second-order valence-corrected chi connectivity index (χ2v) is 9.63. The number of fused-ring (bicyclic) bond motifs is 2. The number of carbonyl (C=O) groups excluding carboxylic acids is 2. The van der Waals surface area contributed by atoms with Gasteiger partial charge in [-0.1, -0.05) is 18.2 Å². The van der Waals surface area contributed by atoms with Gasteiger partial charge < -0.3 is 15.7 Å². The van der Waals surface area contributed by atoms with Gasteiger partial charge in [-0.05, 0) is 67.9 Å². The highest BCUT2D eigenvalue weighted by Gasteiger charge is 2.46. The van der Waals surface area contributed by atoms with E-state index < -0.39 is 34.5 Å². The Morgan fingerprint density at radius 3 is 2.70 bits per heavy atom. The molecular weight excluding hydrogens is 479 g/mol. The van der Waals surface area contributed by atoms with E-state index in [-0.39, 0.29) is 24.1 Å². The van der Waals surface area contributed by atoms with Gasteiger partial charge in [0.15, 0.2) is 5.69 Å². The average molecular weight is 507 g/mol. The highest BCUT2D eigenvalue weighted by Crippen LogP contribution is 2.43. The molecule has 0 radical (unpaired) electrons. The number of hydrogen-bond donors (Lipinski definition) is 4. The summed E-state index contributed by atoms with van der Waals surface area (Å²) in [5.74, 6) is -1.04. The number of benzene rings is 1. The summed E-state index contributed by atoms with van der Waals surface area (Å²) < 4.78 is 14.9. The highest BCUT2D eigenvalue weighted by molar-refractivity contribution is 5.94. The predicted molar refractivity (Wildman–Crippen MR) is 132 cm³/mol. The van der Waals surface area contributed by atoms with Crippen LogP contribution in [0.2, 0.25) is 0 Å². The number of hydrogen-bond acceptors (Lipinski definition) is 6. The summed E-state index contributed by atoms with van der Waals surface area (Å²) in [5.41, 5.74) is -1.04. The number of carbonyl (C=O) groups is 2. The van der Waals surface area contributed by atoms with E-state index in [2.05, 4.69) is 25.9 Å². The van der Waals surface area contributed by atoms with Crippen LogP contribution in [-0.2, 0) is 18.6 Å². The molecule has 2 aliphatic heterocycles. The number of halogens is 1. The summed E-state index contributed by atoms with van der Waals surface area (Å²) in [5, 5.41) is 19.0. The molecule has 3 aliphatic rings. The average Bonchev–Trinajstić information content (AvgIpc) is 3.13. The Kier molecular flexibility index (Phi) is 6.36. The van der Waals surface area contributed by atoms with E-state index >= 15 is 0 Å². The van der Waals surface area contributed by atoms with E-state index in [0.29, 0.717) is 36.3 Å². The van der Waals surface area contributed by atoms with Crippen LogP contribution in [0.25, 0.3) is 0 Å². The van der Waals surface area contributed by atoms with Crippen LogP contribution in [0.3, 0.4) is 0 Å². The Hall–Kier alpha value is -4.28. The van der Waals surface area contributed by atoms with Crippen molar-refractivity contribution in [3.05, 3.63) is 81.4 Å². The molecule has 4 N–H and O–H groups in total. The molecule has 1 fully saturated rings. The third-order valence-electron chi connectivity index (χ3n) is 7.12. The lowest BCUT2D eigenvalue weighted by Crippen LogP contribution is -2.51. The first-order chi connectivity index (χ1) is 17.8. The van der Waals surface area contributed by atoms with Crippen LogP contribution in [0.4, 0.5) is 15.0 Å². The molecule has 6 rings (SSSR count). The number of amides is 3. The predicted octanol–water partition coefficient (Wildman–Crippen LogP) is 2.94. The van der Waals surface area contributed by atoms with Gasteiger partial charge in [-0.15, -0.1) is 0 Å². The summed E-state index contributed by atoms with van der Waals surface area (Å²) in [6.45, 7) is 2.01. The van der Waals surface area contributed by atoms with Crippen LogP contribution in [0.1, 0.15) is 53.1 Å². The Bertz CT molecular complexity index is 1420. The van der Waals surface area contributed by atoms with E-state index in [1.54, 1.807) is 43.5 Å². The maximum absolute atomic E-state index is 13.6. The largest absolute Gasteiger partial charge is 0.501 e. The fourth-order valence-corrected chi connectivity index (χ4v) is 5.14. The number of aryl methyl sites for hydroxylation is 1. The van der Waals surface area contributed by atoms with Crippen molar-refractivity contribution in [2.24, 2.45) is 5.92 Å². The Labute approximate surface area is 212 Å². The Balaban J connectivity index is 1.45. The van der Waals surface area contributed by atoms with Gasteiger partial charge >= 0.3 is 6.03 Å². The number of urea groups is 1. The fraction of sp³-hybridized carbons (Fsp3) is 0.346. The van der Waals surface area contributed by atoms with Gasteiger partial charge in [0.1, 0.15) is 17.5 Å². The summed E-state index contributed by atoms with van der Waals surface area (Å²) >= 11 is 0. The molecule has 2 bridgehead atoms. The Morgan fingerprint density at radius 1 is 1.22 bits per heavy atom. The summed E-state index contributed by atoms with van der Waals surface area (Å²) in [6, 6.07) is 9.08. The summed E-state index contributed by atoms with van der Waals surface area (Å²) in [6.07, 6.45) is 4.11. The molecule has 0 unspecified atom stereocenters. The summed E-state index contributed by atoms with van der Waals surface area (Å²) in [7, 11) is 0. The number of nitrogens with zero attached hydrogens (tertiary/aromatic N) is 3. The van der Waals surface area contributed by atoms with E-state index in [1.807, 2.05) is 0 Å². The molecule has 3 aromatic rings. The third kappa shape index (κ3) is 4.76. The molecule has 11 heteroatoms. The second kappa shape index (κ2) is 9.64. The van der Waals surface area contributed by atoms with Crippen molar-refractivity contribution < 1.29 is 19.1 Å². The van der Waals surface area contributed by atoms with Crippen molar-refractivity contribution in [2.75, 3.05) is 5.32 Å². The van der Waals surface area contributed by atoms with Gasteiger partial charge in [0.05, 0.1) is 5.54 Å². The SMILES string of the molecule is Cc1cc(CNC(=O)c2nc3n(c(=O)c2O)CC2CCC3(NC(=O)Nc3ccccn3)CC2)ccc1F. The minimum Gasteiger partial charge on any atom is -0.501 e. The number of nitrogens with one attached hydrogen (secondary N) is 3. The number of aromatic nitrogens is 3. The lowest BCUT2D eigenvalue weighted by molar-refractivity contribution is 0.0941. The molecule has 192 valence electrons. The van der Waals surface area contributed by atoms with Crippen LogP contribution in [-0.4, -0.2) is 31.6 Å². The van der Waals surface area contributed by atoms with Gasteiger partial charge in [0.25, 0.3) is 11.5 Å². The van der Waals surface area contributed by atoms with E-state index in [0.717, 1.165) is 12.8 Å². The molecule has 2 aromatic heterocycles. The molecule has 1 aromatic carbocycles. The molecule has 3 amide bonds. The molecule has 4 heterocycles. The van der Waals surface area contributed by atoms with Crippen molar-refractivity contribution >= 4 is 17.8 Å². The monoisotopic (exact) mass is 506 g/mol. The van der Waals surface area contributed by atoms with Crippen LogP contribution in [0.15, 0.2) is 47.4 Å². The van der Waals surface area contributed by atoms with Gasteiger partial charge in [-0.25, -0.2) is 19.2 Å². The van der Waals surface area contributed by atoms with Gasteiger partial charge in [0, 0.05) is 19.3 Å². The van der Waals surface area contributed by atoms with Crippen molar-refractivity contribution in [1.82, 2.24) is 25.2 Å². The standard InChI is InChI=1S/C26H27FN6O4/c1-15-12-17(5-6-18(15)27)13-29-22(35)20-21(34)23(36)33-14-16-7-9-26(10-8-16,24(33)31-20)32-25(37)30-19-4-2-3-11-28-19/h2-6,11-12,16,34H,7-10,13-14H2,1H3,(H,29,35)(H2,28,30,32,37). The number of anilines is 1. The zero-order valence-corrected chi connectivity index (χ0v) is 20.3. The Morgan fingerprint density at radius 2 is 2.00 bits per heavy atom. The van der Waals surface area contributed by atoms with Crippen LogP contribution < -0.4 is 21.5 Å². The normalized spacial score (nSPS) is 20.0. The lowest BCUT2D eigenvalue weighted by atomic mass is 9.77. The quantitative estimate of drug-likeness (QED) is 0.420. The van der Waals surface area contributed by atoms with Gasteiger partial charge in [-0.2, -0.15) is 0 Å². The topological polar surface area (TPSA) is 138 Å². The van der Waals surface area contributed by atoms with Crippen molar-refractivity contribution in [3.8, 4) is 5.75 Å². The molecular formula is C26H27FN6O4. The van der Waals surface area contributed by atoms with E-state index in [1.165, 1.54) is 10.6 Å². The first-order valence-electron chi connectivity index (χ1n) is 12.1. The zero-order chi connectivity index (χ0) is 26.2. The molecule has 1 saturated carbocycles. The van der Waals surface area contributed by atoms with Gasteiger partial charge in [-0.3, -0.25) is 19.5 Å². The van der Waals surface area contributed by atoms with Gasteiger partial charge in [0.2, 0.25) is 5.75 Å². The zero-order valence-electron chi connectivity index (χ0n) is 20.3. The first-order valence-corrected chi connectivity index (χ1v) is 12.1. The second-order valence-electron chi connectivity index (χ2n) is 9.63. The molecule has 0 spiro atoms. The first kappa shape index (κ1) is 24.4. The highest BCUT2D eigenvalue weighted by atomic mass is 19.1. The number of aromatic hydroxyl groups is 1. The minimum atomic E-state index is -0.998. The maximum atomic E-state index is 13.6. The van der Waals surface area contributed by atoms with E-state index in [9.17, 15) is 23.9 Å². The van der Waals surface area contributed by atoms with Crippen LogP contribution in [0.5, 0.6) is 5.75 Å². The number of rotatable bonds is 5. The number of pyridine rings is 1. The maximum Gasteiger partial charge on any atom is 0.321 e. The molecule has 0 saturated heterocycles. The minimum absolute atomic E-state index is 0.0530. The molecule has 10 nitrogen and oxygen atoms in total. The smallest absolute Gasteiger partial charge is 0.321 e. The molecule has 0 atom stereocenters. The van der Waals surface area contributed by atoms with Crippen molar-refractivity contribution in [1.29, 1.82) is 0 Å². The molecule has 37 heavy (non-hydrogen) atoms. The van der Waals surface area contributed by atoms with E-state index in [4.69, 9.17) is 0 Å². The van der Waals surface area contributed by atoms with Crippen LogP contribution >= 0.6 is 0 Å². The fourth-order valence-electron chi connectivity index (χ4n) is 5.14. The van der Waals surface area contributed by atoms with Crippen molar-refractivity contribution in [2.45, 2.75) is 51.2 Å². The molecule has 1 aliphatic carbocycles. The summed E-state index contributed by atoms with van der Waals surface area (Å²) in [4.78, 5) is 47.7. The van der Waals surface area contributed by atoms with Crippen LogP contribution in [0, 0.1) is 18.7 Å². The third-order valence-corrected chi connectivity index (χ3v) is 7.12. The van der Waals surface area contributed by atoms with Crippen molar-refractivity contribution in [3.63, 3.8) is 0 Å². The lowest BCUT2D eigenvalue weighted by Gasteiger charge is -2.37.